The summed E-state index contributed by atoms with van der Waals surface area (Å²) in [6, 6.07) is 0.0174. The van der Waals surface area contributed by atoms with E-state index in [0.29, 0.717) is 5.92 Å². The summed E-state index contributed by atoms with van der Waals surface area (Å²) in [6.07, 6.45) is 6.50. The third kappa shape index (κ3) is 2.37. The van der Waals surface area contributed by atoms with Gasteiger partial charge >= 0.3 is 0 Å². The van der Waals surface area contributed by atoms with Crippen molar-refractivity contribution in [3.8, 4) is 0 Å². The van der Waals surface area contributed by atoms with E-state index < -0.39 is 0 Å². The minimum Gasteiger partial charge on any atom is -0.349 e. The van der Waals surface area contributed by atoms with Crippen LogP contribution in [0.2, 0.25) is 0 Å². The van der Waals surface area contributed by atoms with Crippen molar-refractivity contribution in [2.75, 3.05) is 13.1 Å². The predicted octanol–water partition coefficient (Wildman–Crippen LogP) is 1.69. The summed E-state index contributed by atoms with van der Waals surface area (Å²) in [5, 5.41) is 11.0. The van der Waals surface area contributed by atoms with Crippen LogP contribution < -0.4 is 10.6 Å². The molecule has 5 heteroatoms. The summed E-state index contributed by atoms with van der Waals surface area (Å²) in [4.78, 5) is 12.9. The first kappa shape index (κ1) is 14.6. The highest BCUT2D eigenvalue weighted by Crippen LogP contribution is 2.44. The Morgan fingerprint density at radius 3 is 3.10 bits per heavy atom. The highest BCUT2D eigenvalue weighted by Gasteiger charge is 2.50. The van der Waals surface area contributed by atoms with Crippen LogP contribution in [0.3, 0.4) is 0 Å². The number of aromatic nitrogens is 2. The van der Waals surface area contributed by atoms with E-state index in [9.17, 15) is 4.79 Å². The van der Waals surface area contributed by atoms with E-state index in [1.165, 1.54) is 19.3 Å². The largest absolute Gasteiger partial charge is 0.349 e. The Balaban J connectivity index is 1.75. The van der Waals surface area contributed by atoms with Gasteiger partial charge in [0.15, 0.2) is 0 Å². The first-order chi connectivity index (χ1) is 10.0. The summed E-state index contributed by atoms with van der Waals surface area (Å²) in [5.41, 5.74) is 2.05. The number of carbonyl (C=O) groups is 1. The maximum atomic E-state index is 12.9. The van der Waals surface area contributed by atoms with E-state index in [1.54, 1.807) is 0 Å². The summed E-state index contributed by atoms with van der Waals surface area (Å²) >= 11 is 0. The lowest BCUT2D eigenvalue weighted by atomic mass is 9.67. The van der Waals surface area contributed by atoms with Crippen LogP contribution in [0.5, 0.6) is 0 Å². The Hall–Kier alpha value is -1.36. The van der Waals surface area contributed by atoms with Crippen LogP contribution in [0.1, 0.15) is 49.9 Å². The van der Waals surface area contributed by atoms with Gasteiger partial charge in [0.1, 0.15) is 0 Å². The molecular formula is C16H26N4O. The zero-order valence-corrected chi connectivity index (χ0v) is 13.3. The molecule has 1 aliphatic carbocycles. The van der Waals surface area contributed by atoms with Crippen LogP contribution in [-0.2, 0) is 11.8 Å². The molecule has 2 fully saturated rings. The van der Waals surface area contributed by atoms with Gasteiger partial charge in [0.2, 0.25) is 5.91 Å². The number of rotatable bonds is 3. The van der Waals surface area contributed by atoms with E-state index in [-0.39, 0.29) is 17.4 Å². The molecule has 0 radical (unpaired) electrons. The third-order valence-corrected chi connectivity index (χ3v) is 5.58. The molecule has 2 heterocycles. The van der Waals surface area contributed by atoms with Gasteiger partial charge in [0.25, 0.3) is 0 Å². The highest BCUT2D eigenvalue weighted by molar-refractivity contribution is 5.84. The number of nitrogens with one attached hydrogen (secondary N) is 2. The van der Waals surface area contributed by atoms with Crippen molar-refractivity contribution in [2.45, 2.75) is 45.6 Å². The van der Waals surface area contributed by atoms with Gasteiger partial charge in [-0.2, -0.15) is 5.10 Å². The second-order valence-corrected chi connectivity index (χ2v) is 6.73. The topological polar surface area (TPSA) is 59.0 Å². The lowest BCUT2D eigenvalue weighted by molar-refractivity contribution is -0.134. The van der Waals surface area contributed by atoms with E-state index >= 15 is 0 Å². The fraction of sp³-hybridized carbons (Fsp3) is 0.750. The lowest BCUT2D eigenvalue weighted by Crippen LogP contribution is -2.48. The Bertz CT molecular complexity index is 538. The molecule has 1 saturated carbocycles. The van der Waals surface area contributed by atoms with Crippen LogP contribution in [0.15, 0.2) is 6.20 Å². The molecule has 5 nitrogen and oxygen atoms in total. The summed E-state index contributed by atoms with van der Waals surface area (Å²) < 4.78 is 1.86. The van der Waals surface area contributed by atoms with Gasteiger partial charge < -0.3 is 10.6 Å². The van der Waals surface area contributed by atoms with Crippen molar-refractivity contribution in [2.24, 2.45) is 18.4 Å². The molecule has 0 bridgehead atoms. The Kier molecular flexibility index (Phi) is 3.78. The molecular weight excluding hydrogens is 264 g/mol. The van der Waals surface area contributed by atoms with Gasteiger partial charge in [-0.15, -0.1) is 0 Å². The van der Waals surface area contributed by atoms with Gasteiger partial charge in [-0.25, -0.2) is 0 Å². The van der Waals surface area contributed by atoms with Crippen molar-refractivity contribution in [3.63, 3.8) is 0 Å². The van der Waals surface area contributed by atoms with Gasteiger partial charge in [0.05, 0.1) is 17.7 Å². The molecule has 2 aliphatic rings. The molecule has 116 valence electrons. The molecule has 1 aliphatic heterocycles. The molecule has 0 aromatic carbocycles. The second kappa shape index (κ2) is 5.44. The highest BCUT2D eigenvalue weighted by atomic mass is 16.2. The predicted molar refractivity (Wildman–Crippen MR) is 81.8 cm³/mol. The lowest BCUT2D eigenvalue weighted by Gasteiger charge is -2.37. The fourth-order valence-electron chi connectivity index (χ4n) is 4.05. The SMILES string of the molecule is Cc1c(C(C)NC(=O)[C@@]23CCCC[C@H]2CNC3)cnn1C. The van der Waals surface area contributed by atoms with E-state index in [4.69, 9.17) is 0 Å². The number of carbonyl (C=O) groups excluding carboxylic acids is 1. The van der Waals surface area contributed by atoms with Crippen molar-refractivity contribution >= 4 is 5.91 Å². The number of nitrogens with zero attached hydrogens (tertiary/aromatic N) is 2. The number of amides is 1. The molecule has 3 atom stereocenters. The Morgan fingerprint density at radius 1 is 1.57 bits per heavy atom. The van der Waals surface area contributed by atoms with Crippen LogP contribution in [0, 0.1) is 18.3 Å². The van der Waals surface area contributed by atoms with Crippen LogP contribution in [0.25, 0.3) is 0 Å². The van der Waals surface area contributed by atoms with Gasteiger partial charge in [0, 0.05) is 24.8 Å². The number of aryl methyl sites for hydroxylation is 1. The molecule has 1 amide bonds. The maximum absolute atomic E-state index is 12.9. The molecule has 1 aromatic rings. The number of hydrogen-bond donors (Lipinski definition) is 2. The summed E-state index contributed by atoms with van der Waals surface area (Å²) in [7, 11) is 1.93. The zero-order valence-electron chi connectivity index (χ0n) is 13.3. The van der Waals surface area contributed by atoms with Crippen LogP contribution in [0.4, 0.5) is 0 Å². The molecule has 1 aromatic heterocycles. The van der Waals surface area contributed by atoms with Gasteiger partial charge in [-0.1, -0.05) is 12.8 Å². The van der Waals surface area contributed by atoms with E-state index in [2.05, 4.69) is 22.7 Å². The quantitative estimate of drug-likeness (QED) is 0.890. The molecule has 1 unspecified atom stereocenters. The van der Waals surface area contributed by atoms with E-state index in [0.717, 1.165) is 30.8 Å². The first-order valence-electron chi connectivity index (χ1n) is 8.05. The van der Waals surface area contributed by atoms with Crippen molar-refractivity contribution in [1.29, 1.82) is 0 Å². The first-order valence-corrected chi connectivity index (χ1v) is 8.05. The maximum Gasteiger partial charge on any atom is 0.228 e. The molecule has 3 rings (SSSR count). The van der Waals surface area contributed by atoms with Crippen LogP contribution in [-0.4, -0.2) is 28.8 Å². The summed E-state index contributed by atoms with van der Waals surface area (Å²) in [5.74, 6) is 0.737. The minimum atomic E-state index is -0.178. The number of fused-ring (bicyclic) bond motifs is 1. The Morgan fingerprint density at radius 2 is 2.38 bits per heavy atom. The summed E-state index contributed by atoms with van der Waals surface area (Å²) in [6.45, 7) is 5.93. The van der Waals surface area contributed by atoms with Crippen molar-refractivity contribution < 1.29 is 4.79 Å². The molecule has 21 heavy (non-hydrogen) atoms. The average Bonchev–Trinajstić information content (AvgIpc) is 3.04. The molecule has 2 N–H and O–H groups in total. The smallest absolute Gasteiger partial charge is 0.228 e. The number of hydrogen-bond acceptors (Lipinski definition) is 3. The zero-order chi connectivity index (χ0) is 15.0. The second-order valence-electron chi connectivity index (χ2n) is 6.73. The van der Waals surface area contributed by atoms with Gasteiger partial charge in [-0.3, -0.25) is 9.48 Å². The fourth-order valence-corrected chi connectivity index (χ4v) is 4.05. The molecule has 0 spiro atoms. The normalized spacial score (nSPS) is 30.0. The Labute approximate surface area is 126 Å². The van der Waals surface area contributed by atoms with E-state index in [1.807, 2.05) is 24.9 Å². The van der Waals surface area contributed by atoms with Gasteiger partial charge in [-0.05, 0) is 39.2 Å². The third-order valence-electron chi connectivity index (χ3n) is 5.58. The molecule has 1 saturated heterocycles. The standard InChI is InChI=1S/C16H26N4O/c1-11(14-9-18-20(3)12(14)2)19-15(21)16-7-5-4-6-13(16)8-17-10-16/h9,11,13,17H,4-8,10H2,1-3H3,(H,19,21)/t11?,13-,16+/m0/s1. The monoisotopic (exact) mass is 290 g/mol. The van der Waals surface area contributed by atoms with Crippen molar-refractivity contribution in [1.82, 2.24) is 20.4 Å². The average molecular weight is 290 g/mol. The minimum absolute atomic E-state index is 0.0174. The van der Waals surface area contributed by atoms with Crippen LogP contribution >= 0.6 is 0 Å². The van der Waals surface area contributed by atoms with Crippen molar-refractivity contribution in [3.05, 3.63) is 17.5 Å².